The highest BCUT2D eigenvalue weighted by Gasteiger charge is 2.29. The van der Waals surface area contributed by atoms with Crippen LogP contribution < -0.4 is 10.1 Å². The van der Waals surface area contributed by atoms with Crippen LogP contribution in [-0.4, -0.2) is 41.7 Å². The Morgan fingerprint density at radius 2 is 1.92 bits per heavy atom. The Morgan fingerprint density at radius 1 is 1.23 bits per heavy atom. The van der Waals surface area contributed by atoms with E-state index in [2.05, 4.69) is 5.32 Å². The van der Waals surface area contributed by atoms with Crippen molar-refractivity contribution in [2.75, 3.05) is 19.0 Å². The van der Waals surface area contributed by atoms with Crippen LogP contribution in [0.25, 0.3) is 0 Å². The first-order valence-electron chi connectivity index (χ1n) is 8.53. The molecule has 2 aromatic rings. The van der Waals surface area contributed by atoms with Crippen molar-refractivity contribution < 1.29 is 19.4 Å². The first-order chi connectivity index (χ1) is 12.5. The van der Waals surface area contributed by atoms with Crippen LogP contribution in [0.1, 0.15) is 22.8 Å². The zero-order valence-electron chi connectivity index (χ0n) is 14.8. The van der Waals surface area contributed by atoms with E-state index >= 15 is 0 Å². The number of amides is 1. The third-order valence-electron chi connectivity index (χ3n) is 4.56. The third kappa shape index (κ3) is 3.79. The summed E-state index contributed by atoms with van der Waals surface area (Å²) >= 11 is 0. The summed E-state index contributed by atoms with van der Waals surface area (Å²) in [5.41, 5.74) is 2.41. The van der Waals surface area contributed by atoms with E-state index in [0.29, 0.717) is 24.3 Å². The van der Waals surface area contributed by atoms with Crippen LogP contribution in [-0.2, 0) is 11.2 Å². The molecule has 136 valence electrons. The van der Waals surface area contributed by atoms with Crippen molar-refractivity contribution in [1.82, 2.24) is 4.90 Å². The van der Waals surface area contributed by atoms with Crippen LogP contribution >= 0.6 is 0 Å². The largest absolute Gasteiger partial charge is 0.489 e. The molecule has 0 saturated heterocycles. The molecule has 0 fully saturated rings. The molecule has 0 radical (unpaired) electrons. The number of nitrogens with zero attached hydrogens (tertiary/aromatic N) is 1. The highest BCUT2D eigenvalue weighted by molar-refractivity contribution is 6.01. The quantitative estimate of drug-likeness (QED) is 0.834. The fourth-order valence-corrected chi connectivity index (χ4v) is 2.89. The van der Waals surface area contributed by atoms with Gasteiger partial charge in [0.15, 0.2) is 0 Å². The lowest BCUT2D eigenvalue weighted by Gasteiger charge is -2.35. The minimum Gasteiger partial charge on any atom is -0.489 e. The standard InChI is InChI=1S/C20H22N2O4/c1-13(20(24)25)11-14-7-9-15(10-8-14)26-12-18-21-17-6-4-3-5-16(17)19(23)22(18)2/h3-10,13,18,21H,11-12H2,1-2H3,(H,24,25). The van der Waals surface area contributed by atoms with Crippen molar-refractivity contribution in [3.05, 3.63) is 59.7 Å². The normalized spacial score (nSPS) is 17.2. The topological polar surface area (TPSA) is 78.9 Å². The number of nitrogens with one attached hydrogen (secondary N) is 1. The average molecular weight is 354 g/mol. The SMILES string of the molecule is CC(Cc1ccc(OCC2Nc3ccccc3C(=O)N2C)cc1)C(=O)O. The molecule has 6 heteroatoms. The van der Waals surface area contributed by atoms with Crippen molar-refractivity contribution in [3.8, 4) is 5.75 Å². The van der Waals surface area contributed by atoms with Gasteiger partial charge in [-0.1, -0.05) is 31.2 Å². The van der Waals surface area contributed by atoms with E-state index in [1.807, 2.05) is 42.5 Å². The predicted octanol–water partition coefficient (Wildman–Crippen LogP) is 2.85. The van der Waals surface area contributed by atoms with Crippen molar-refractivity contribution in [2.24, 2.45) is 5.92 Å². The van der Waals surface area contributed by atoms with E-state index < -0.39 is 11.9 Å². The van der Waals surface area contributed by atoms with Gasteiger partial charge in [0, 0.05) is 12.7 Å². The van der Waals surface area contributed by atoms with Crippen LogP contribution in [0.4, 0.5) is 5.69 Å². The molecular weight excluding hydrogens is 332 g/mol. The Hall–Kier alpha value is -3.02. The van der Waals surface area contributed by atoms with Crippen LogP contribution in [0.2, 0.25) is 0 Å². The second kappa shape index (κ2) is 7.47. The number of carbonyl (C=O) groups excluding carboxylic acids is 1. The van der Waals surface area contributed by atoms with Gasteiger partial charge in [0.25, 0.3) is 5.91 Å². The van der Waals surface area contributed by atoms with Gasteiger partial charge in [-0.05, 0) is 36.2 Å². The number of carboxylic acid groups (broad SMARTS) is 1. The van der Waals surface area contributed by atoms with Crippen LogP contribution in [0.5, 0.6) is 5.75 Å². The summed E-state index contributed by atoms with van der Waals surface area (Å²) in [4.78, 5) is 25.0. The molecule has 2 N–H and O–H groups in total. The van der Waals surface area contributed by atoms with Gasteiger partial charge in [-0.2, -0.15) is 0 Å². The molecule has 2 aromatic carbocycles. The number of anilines is 1. The molecule has 0 saturated carbocycles. The fourth-order valence-electron chi connectivity index (χ4n) is 2.89. The first-order valence-corrected chi connectivity index (χ1v) is 8.53. The number of aliphatic carboxylic acids is 1. The number of carboxylic acids is 1. The maximum absolute atomic E-state index is 12.4. The minimum atomic E-state index is -0.804. The predicted molar refractivity (Wildman–Crippen MR) is 98.4 cm³/mol. The second-order valence-corrected chi connectivity index (χ2v) is 6.52. The molecule has 1 heterocycles. The summed E-state index contributed by atoms with van der Waals surface area (Å²) in [7, 11) is 1.75. The monoisotopic (exact) mass is 354 g/mol. The van der Waals surface area contributed by atoms with E-state index in [1.165, 1.54) is 0 Å². The third-order valence-corrected chi connectivity index (χ3v) is 4.56. The van der Waals surface area contributed by atoms with Crippen LogP contribution in [0.15, 0.2) is 48.5 Å². The molecule has 1 amide bonds. The number of hydrogen-bond acceptors (Lipinski definition) is 4. The molecule has 0 aromatic heterocycles. The Morgan fingerprint density at radius 3 is 2.62 bits per heavy atom. The molecule has 1 aliphatic rings. The van der Waals surface area contributed by atoms with Gasteiger partial charge in [-0.15, -0.1) is 0 Å². The number of para-hydroxylation sites is 1. The van der Waals surface area contributed by atoms with Crippen LogP contribution in [0.3, 0.4) is 0 Å². The minimum absolute atomic E-state index is 0.0362. The molecule has 0 spiro atoms. The number of benzene rings is 2. The van der Waals surface area contributed by atoms with E-state index in [9.17, 15) is 9.59 Å². The summed E-state index contributed by atoms with van der Waals surface area (Å²) in [5.74, 6) is -0.584. The van der Waals surface area contributed by atoms with Gasteiger partial charge in [-0.3, -0.25) is 9.59 Å². The van der Waals surface area contributed by atoms with Gasteiger partial charge in [0.1, 0.15) is 18.5 Å². The lowest BCUT2D eigenvalue weighted by Crippen LogP contribution is -2.49. The number of rotatable bonds is 6. The number of fused-ring (bicyclic) bond motifs is 1. The van der Waals surface area contributed by atoms with Gasteiger partial charge in [0.05, 0.1) is 11.5 Å². The Labute approximate surface area is 152 Å². The molecule has 26 heavy (non-hydrogen) atoms. The van der Waals surface area contributed by atoms with E-state index in [1.54, 1.807) is 24.9 Å². The Kier molecular flexibility index (Phi) is 5.11. The smallest absolute Gasteiger partial charge is 0.306 e. The molecular formula is C20H22N2O4. The molecule has 2 atom stereocenters. The van der Waals surface area contributed by atoms with Gasteiger partial charge in [0.2, 0.25) is 0 Å². The lowest BCUT2D eigenvalue weighted by molar-refractivity contribution is -0.141. The summed E-state index contributed by atoms with van der Waals surface area (Å²) in [6, 6.07) is 14.8. The summed E-state index contributed by atoms with van der Waals surface area (Å²) in [6.45, 7) is 1.99. The van der Waals surface area contributed by atoms with Crippen molar-refractivity contribution >= 4 is 17.6 Å². The molecule has 6 nitrogen and oxygen atoms in total. The molecule has 0 aliphatic carbocycles. The highest BCUT2D eigenvalue weighted by atomic mass is 16.5. The number of hydrogen-bond donors (Lipinski definition) is 2. The Balaban J connectivity index is 1.61. The average Bonchev–Trinajstić information content (AvgIpc) is 2.64. The van der Waals surface area contributed by atoms with Gasteiger partial charge >= 0.3 is 5.97 Å². The zero-order chi connectivity index (χ0) is 18.7. The maximum Gasteiger partial charge on any atom is 0.306 e. The summed E-state index contributed by atoms with van der Waals surface area (Å²) in [5, 5.41) is 12.3. The van der Waals surface area contributed by atoms with E-state index in [4.69, 9.17) is 9.84 Å². The molecule has 1 aliphatic heterocycles. The van der Waals surface area contributed by atoms with E-state index in [-0.39, 0.29) is 12.1 Å². The lowest BCUT2D eigenvalue weighted by atomic mass is 10.0. The number of carbonyl (C=O) groups is 2. The van der Waals surface area contributed by atoms with E-state index in [0.717, 1.165) is 11.3 Å². The maximum atomic E-state index is 12.4. The highest BCUT2D eigenvalue weighted by Crippen LogP contribution is 2.24. The summed E-state index contributed by atoms with van der Waals surface area (Å²) in [6.07, 6.45) is 0.220. The summed E-state index contributed by atoms with van der Waals surface area (Å²) < 4.78 is 5.81. The number of ether oxygens (including phenoxy) is 1. The zero-order valence-corrected chi connectivity index (χ0v) is 14.8. The van der Waals surface area contributed by atoms with Crippen molar-refractivity contribution in [2.45, 2.75) is 19.5 Å². The second-order valence-electron chi connectivity index (χ2n) is 6.52. The van der Waals surface area contributed by atoms with Crippen LogP contribution in [0, 0.1) is 5.92 Å². The molecule has 3 rings (SSSR count). The fraction of sp³-hybridized carbons (Fsp3) is 0.300. The molecule has 2 unspecified atom stereocenters. The van der Waals surface area contributed by atoms with Gasteiger partial charge in [-0.25, -0.2) is 0 Å². The first kappa shape index (κ1) is 17.8. The number of likely N-dealkylation sites (N-methyl/N-ethyl adjacent to an activating group) is 1. The van der Waals surface area contributed by atoms with Gasteiger partial charge < -0.3 is 20.1 Å². The van der Waals surface area contributed by atoms with Crippen molar-refractivity contribution in [1.29, 1.82) is 0 Å². The molecule has 0 bridgehead atoms. The Bertz CT molecular complexity index is 804. The van der Waals surface area contributed by atoms with Crippen molar-refractivity contribution in [3.63, 3.8) is 0 Å².